The summed E-state index contributed by atoms with van der Waals surface area (Å²) in [5.41, 5.74) is 0.473. The Labute approximate surface area is 150 Å². The van der Waals surface area contributed by atoms with E-state index in [4.69, 9.17) is 4.74 Å². The Hall–Kier alpha value is -1.88. The van der Waals surface area contributed by atoms with Crippen molar-refractivity contribution in [2.45, 2.75) is 59.0 Å². The second-order valence-corrected chi connectivity index (χ2v) is 7.13. The molecular weight excluding hydrogens is 318 g/mol. The molecule has 2 amide bonds. The number of rotatable bonds is 8. The molecule has 138 valence electrons. The number of carbonyl (C=O) groups excluding carboxylic acids is 2. The van der Waals surface area contributed by atoms with Gasteiger partial charge in [0.2, 0.25) is 11.8 Å². The summed E-state index contributed by atoms with van der Waals surface area (Å²) < 4.78 is 5.75. The van der Waals surface area contributed by atoms with Crippen molar-refractivity contribution in [3.05, 3.63) is 29.8 Å². The lowest BCUT2D eigenvalue weighted by Crippen LogP contribution is -2.41. The van der Waals surface area contributed by atoms with Crippen LogP contribution in [0.15, 0.2) is 24.3 Å². The zero-order valence-electron chi connectivity index (χ0n) is 15.6. The van der Waals surface area contributed by atoms with E-state index in [0.29, 0.717) is 18.8 Å². The highest BCUT2D eigenvalue weighted by Crippen LogP contribution is 2.39. The normalized spacial score (nSPS) is 18.1. The van der Waals surface area contributed by atoms with Crippen molar-refractivity contribution in [1.82, 2.24) is 4.90 Å². The van der Waals surface area contributed by atoms with Crippen LogP contribution in [-0.4, -0.2) is 41.1 Å². The van der Waals surface area contributed by atoms with E-state index in [1.807, 2.05) is 38.1 Å². The molecule has 0 spiro atoms. The van der Waals surface area contributed by atoms with E-state index in [-0.39, 0.29) is 31.4 Å². The summed E-state index contributed by atoms with van der Waals surface area (Å²) in [5, 5.41) is 10.3. The summed E-state index contributed by atoms with van der Waals surface area (Å²) in [7, 11) is 0. The first-order valence-corrected chi connectivity index (χ1v) is 9.09. The molecule has 2 rings (SSSR count). The van der Waals surface area contributed by atoms with E-state index in [0.717, 1.165) is 11.3 Å². The molecule has 1 heterocycles. The molecule has 1 aliphatic heterocycles. The Bertz CT molecular complexity index is 622. The molecule has 1 saturated heterocycles. The van der Waals surface area contributed by atoms with Crippen molar-refractivity contribution < 1.29 is 19.4 Å². The lowest BCUT2D eigenvalue weighted by molar-refractivity contribution is -0.143. The number of para-hydroxylation sites is 1. The Morgan fingerprint density at radius 3 is 2.40 bits per heavy atom. The number of carbonyl (C=O) groups is 2. The molecule has 0 bridgehead atoms. The molecule has 1 fully saturated rings. The van der Waals surface area contributed by atoms with Crippen LogP contribution in [0.3, 0.4) is 0 Å². The van der Waals surface area contributed by atoms with E-state index in [1.165, 1.54) is 4.90 Å². The largest absolute Gasteiger partial charge is 0.491 e. The number of β-amino-alcohol motifs (C(OH)–C–C–N with tert-alkyl or cyclic N) is 1. The lowest BCUT2D eigenvalue weighted by Gasteiger charge is -2.25. The number of aliphatic hydroxyl groups is 1. The van der Waals surface area contributed by atoms with Crippen LogP contribution in [0.1, 0.15) is 58.4 Å². The Kier molecular flexibility index (Phi) is 6.22. The van der Waals surface area contributed by atoms with Gasteiger partial charge in [-0.25, -0.2) is 0 Å². The second-order valence-electron chi connectivity index (χ2n) is 7.13. The summed E-state index contributed by atoms with van der Waals surface area (Å²) >= 11 is 0. The third kappa shape index (κ3) is 4.03. The van der Waals surface area contributed by atoms with Gasteiger partial charge in [0.05, 0.1) is 12.0 Å². The average Bonchev–Trinajstić information content (AvgIpc) is 2.84. The first kappa shape index (κ1) is 19.4. The number of amides is 2. The van der Waals surface area contributed by atoms with Crippen molar-refractivity contribution in [3.63, 3.8) is 0 Å². The van der Waals surface area contributed by atoms with Gasteiger partial charge in [-0.2, -0.15) is 0 Å². The Balaban J connectivity index is 1.98. The summed E-state index contributed by atoms with van der Waals surface area (Å²) in [4.78, 5) is 26.0. The van der Waals surface area contributed by atoms with Crippen molar-refractivity contribution in [3.8, 4) is 5.75 Å². The maximum absolute atomic E-state index is 12.6. The smallest absolute Gasteiger partial charge is 0.235 e. The number of aliphatic hydroxyl groups excluding tert-OH is 1. The minimum absolute atomic E-state index is 0.0107. The van der Waals surface area contributed by atoms with Gasteiger partial charge in [0.15, 0.2) is 0 Å². The standard InChI is InChI=1S/C20H29NO4/c1-5-20(6-2)11-18(23)21(19(20)24)12-15(22)13-25-17-10-8-7-9-16(17)14(3)4/h7-10,14-15,22H,5-6,11-13H2,1-4H3/t15-/m0/s1. The van der Waals surface area contributed by atoms with Gasteiger partial charge in [-0.1, -0.05) is 45.9 Å². The summed E-state index contributed by atoms with van der Waals surface area (Å²) in [5.74, 6) is 0.677. The number of hydrogen-bond donors (Lipinski definition) is 1. The molecular formula is C20H29NO4. The van der Waals surface area contributed by atoms with E-state index >= 15 is 0 Å². The number of benzene rings is 1. The zero-order chi connectivity index (χ0) is 18.6. The SMILES string of the molecule is CCC1(CC)CC(=O)N(C[C@H](O)COc2ccccc2C(C)C)C1=O. The molecule has 0 aliphatic carbocycles. The number of likely N-dealkylation sites (tertiary alicyclic amines) is 1. The Morgan fingerprint density at radius 1 is 1.20 bits per heavy atom. The van der Waals surface area contributed by atoms with Crippen LogP contribution in [0.5, 0.6) is 5.75 Å². The topological polar surface area (TPSA) is 66.8 Å². The average molecular weight is 347 g/mol. The maximum atomic E-state index is 12.6. The molecule has 1 N–H and O–H groups in total. The van der Waals surface area contributed by atoms with Gasteiger partial charge in [0, 0.05) is 6.42 Å². The molecule has 0 radical (unpaired) electrons. The molecule has 0 aromatic heterocycles. The minimum Gasteiger partial charge on any atom is -0.491 e. The van der Waals surface area contributed by atoms with Crippen molar-refractivity contribution in [1.29, 1.82) is 0 Å². The van der Waals surface area contributed by atoms with Gasteiger partial charge in [-0.3, -0.25) is 14.5 Å². The van der Waals surface area contributed by atoms with Crippen LogP contribution < -0.4 is 4.74 Å². The maximum Gasteiger partial charge on any atom is 0.235 e. The van der Waals surface area contributed by atoms with E-state index in [9.17, 15) is 14.7 Å². The van der Waals surface area contributed by atoms with E-state index < -0.39 is 11.5 Å². The fourth-order valence-corrected chi connectivity index (χ4v) is 3.39. The predicted molar refractivity (Wildman–Crippen MR) is 96.4 cm³/mol. The van der Waals surface area contributed by atoms with E-state index in [2.05, 4.69) is 13.8 Å². The fraction of sp³-hybridized carbons (Fsp3) is 0.600. The third-order valence-electron chi connectivity index (χ3n) is 5.21. The number of imide groups is 1. The van der Waals surface area contributed by atoms with Crippen LogP contribution >= 0.6 is 0 Å². The fourth-order valence-electron chi connectivity index (χ4n) is 3.39. The van der Waals surface area contributed by atoms with Crippen molar-refractivity contribution >= 4 is 11.8 Å². The number of hydrogen-bond acceptors (Lipinski definition) is 4. The highest BCUT2D eigenvalue weighted by molar-refractivity contribution is 6.05. The molecule has 0 unspecified atom stereocenters. The van der Waals surface area contributed by atoms with Crippen LogP contribution in [0.25, 0.3) is 0 Å². The van der Waals surface area contributed by atoms with Crippen LogP contribution in [0, 0.1) is 5.41 Å². The number of nitrogens with zero attached hydrogens (tertiary/aromatic N) is 1. The predicted octanol–water partition coefficient (Wildman–Crippen LogP) is 3.12. The minimum atomic E-state index is -0.905. The lowest BCUT2D eigenvalue weighted by atomic mass is 9.81. The highest BCUT2D eigenvalue weighted by atomic mass is 16.5. The van der Waals surface area contributed by atoms with Crippen molar-refractivity contribution in [2.24, 2.45) is 5.41 Å². The summed E-state index contributed by atoms with van der Waals surface area (Å²) in [6.07, 6.45) is 0.609. The van der Waals surface area contributed by atoms with Crippen LogP contribution in [0.2, 0.25) is 0 Å². The van der Waals surface area contributed by atoms with Crippen molar-refractivity contribution in [2.75, 3.05) is 13.2 Å². The monoisotopic (exact) mass is 347 g/mol. The van der Waals surface area contributed by atoms with Gasteiger partial charge >= 0.3 is 0 Å². The van der Waals surface area contributed by atoms with E-state index in [1.54, 1.807) is 0 Å². The molecule has 0 saturated carbocycles. The first-order chi connectivity index (χ1) is 11.8. The second kappa shape index (κ2) is 8.00. The molecule has 1 atom stereocenters. The van der Waals surface area contributed by atoms with Gasteiger partial charge in [0.25, 0.3) is 0 Å². The Morgan fingerprint density at radius 2 is 1.84 bits per heavy atom. The summed E-state index contributed by atoms with van der Waals surface area (Å²) in [6, 6.07) is 7.71. The third-order valence-corrected chi connectivity index (χ3v) is 5.21. The molecule has 1 aromatic rings. The summed E-state index contributed by atoms with van der Waals surface area (Å²) in [6.45, 7) is 8.06. The quantitative estimate of drug-likeness (QED) is 0.734. The highest BCUT2D eigenvalue weighted by Gasteiger charge is 2.49. The van der Waals surface area contributed by atoms with Gasteiger partial charge in [-0.05, 0) is 30.4 Å². The zero-order valence-corrected chi connectivity index (χ0v) is 15.6. The molecule has 1 aromatic carbocycles. The number of ether oxygens (including phenoxy) is 1. The van der Waals surface area contributed by atoms with Gasteiger partial charge in [0.1, 0.15) is 18.5 Å². The molecule has 1 aliphatic rings. The van der Waals surface area contributed by atoms with Gasteiger partial charge < -0.3 is 9.84 Å². The molecule has 5 heteroatoms. The molecule has 5 nitrogen and oxygen atoms in total. The van der Waals surface area contributed by atoms with Gasteiger partial charge in [-0.15, -0.1) is 0 Å². The molecule has 25 heavy (non-hydrogen) atoms. The van der Waals surface area contributed by atoms with Crippen LogP contribution in [0.4, 0.5) is 0 Å². The van der Waals surface area contributed by atoms with Crippen LogP contribution in [-0.2, 0) is 9.59 Å². The first-order valence-electron chi connectivity index (χ1n) is 9.09.